The zero-order valence-electron chi connectivity index (χ0n) is 8.43. The maximum atomic E-state index is 10.2. The Hall–Kier alpha value is -0.0800. The van der Waals surface area contributed by atoms with E-state index >= 15 is 0 Å². The van der Waals surface area contributed by atoms with Crippen molar-refractivity contribution in [2.75, 3.05) is 13.6 Å². The highest BCUT2D eigenvalue weighted by atomic mass is 16.3. The van der Waals surface area contributed by atoms with Crippen LogP contribution in [-0.2, 0) is 0 Å². The predicted molar refractivity (Wildman–Crippen MR) is 51.1 cm³/mol. The second kappa shape index (κ2) is 3.75. The van der Waals surface area contributed by atoms with Gasteiger partial charge in [0.15, 0.2) is 0 Å². The van der Waals surface area contributed by atoms with Crippen LogP contribution in [0.25, 0.3) is 0 Å². The maximum Gasteiger partial charge on any atom is 0.0796 e. The first-order chi connectivity index (χ1) is 5.58. The number of hydrogen-bond acceptors (Lipinski definition) is 2. The van der Waals surface area contributed by atoms with Gasteiger partial charge in [0.2, 0.25) is 0 Å². The molecule has 0 aromatic heterocycles. The fourth-order valence-corrected chi connectivity index (χ4v) is 2.25. The van der Waals surface area contributed by atoms with Gasteiger partial charge in [0.25, 0.3) is 0 Å². The van der Waals surface area contributed by atoms with E-state index in [0.29, 0.717) is 5.92 Å². The van der Waals surface area contributed by atoms with Crippen molar-refractivity contribution < 1.29 is 5.11 Å². The third-order valence-electron chi connectivity index (χ3n) is 3.23. The van der Waals surface area contributed by atoms with E-state index in [1.807, 2.05) is 7.05 Å². The van der Waals surface area contributed by atoms with E-state index in [1.54, 1.807) is 0 Å². The van der Waals surface area contributed by atoms with Crippen LogP contribution < -0.4 is 5.32 Å². The Balaban J connectivity index is 2.53. The SMILES string of the molecule is CNCC1(O)CCC(C)CC1C. The minimum absolute atomic E-state index is 0.439. The van der Waals surface area contributed by atoms with E-state index in [2.05, 4.69) is 19.2 Å². The quantitative estimate of drug-likeness (QED) is 0.658. The van der Waals surface area contributed by atoms with Crippen molar-refractivity contribution in [1.29, 1.82) is 0 Å². The second-order valence-corrected chi connectivity index (χ2v) is 4.41. The molecule has 0 aliphatic heterocycles. The molecule has 0 spiro atoms. The molecule has 1 fully saturated rings. The summed E-state index contributed by atoms with van der Waals surface area (Å²) in [5.41, 5.74) is -0.443. The Morgan fingerprint density at radius 1 is 1.50 bits per heavy atom. The van der Waals surface area contributed by atoms with Gasteiger partial charge in [0.1, 0.15) is 0 Å². The lowest BCUT2D eigenvalue weighted by atomic mass is 9.72. The molecule has 0 radical (unpaired) electrons. The summed E-state index contributed by atoms with van der Waals surface area (Å²) in [6.45, 7) is 5.17. The van der Waals surface area contributed by atoms with Crippen molar-refractivity contribution in [3.8, 4) is 0 Å². The van der Waals surface area contributed by atoms with E-state index in [0.717, 1.165) is 25.3 Å². The Labute approximate surface area is 75.4 Å². The highest BCUT2D eigenvalue weighted by Gasteiger charge is 2.37. The van der Waals surface area contributed by atoms with E-state index < -0.39 is 5.60 Å². The molecule has 72 valence electrons. The van der Waals surface area contributed by atoms with Crippen LogP contribution in [0.5, 0.6) is 0 Å². The monoisotopic (exact) mass is 171 g/mol. The van der Waals surface area contributed by atoms with Gasteiger partial charge in [-0.25, -0.2) is 0 Å². The van der Waals surface area contributed by atoms with Crippen molar-refractivity contribution >= 4 is 0 Å². The first-order valence-corrected chi connectivity index (χ1v) is 4.95. The van der Waals surface area contributed by atoms with Gasteiger partial charge in [0.05, 0.1) is 5.60 Å². The van der Waals surface area contributed by atoms with Crippen LogP contribution in [0.2, 0.25) is 0 Å². The van der Waals surface area contributed by atoms with Gasteiger partial charge < -0.3 is 10.4 Å². The van der Waals surface area contributed by atoms with Crippen molar-refractivity contribution in [3.05, 3.63) is 0 Å². The van der Waals surface area contributed by atoms with Gasteiger partial charge in [0, 0.05) is 6.54 Å². The normalized spacial score (nSPS) is 43.0. The minimum atomic E-state index is -0.443. The van der Waals surface area contributed by atoms with Gasteiger partial charge >= 0.3 is 0 Å². The van der Waals surface area contributed by atoms with Gasteiger partial charge in [-0.15, -0.1) is 0 Å². The van der Waals surface area contributed by atoms with E-state index in [9.17, 15) is 5.11 Å². The van der Waals surface area contributed by atoms with Crippen LogP contribution in [0, 0.1) is 11.8 Å². The highest BCUT2D eigenvalue weighted by molar-refractivity contribution is 4.90. The lowest BCUT2D eigenvalue weighted by Crippen LogP contribution is -2.48. The van der Waals surface area contributed by atoms with E-state index in [1.165, 1.54) is 6.42 Å². The van der Waals surface area contributed by atoms with Crippen LogP contribution in [-0.4, -0.2) is 24.3 Å². The highest BCUT2D eigenvalue weighted by Crippen LogP contribution is 2.36. The standard InChI is InChI=1S/C10H21NO/c1-8-4-5-10(12,7-11-3)9(2)6-8/h8-9,11-12H,4-7H2,1-3H3. The summed E-state index contributed by atoms with van der Waals surface area (Å²) in [5.74, 6) is 1.23. The second-order valence-electron chi connectivity index (χ2n) is 4.41. The molecule has 3 unspecified atom stereocenters. The fraction of sp³-hybridized carbons (Fsp3) is 1.00. The van der Waals surface area contributed by atoms with Crippen LogP contribution in [0.15, 0.2) is 0 Å². The summed E-state index contributed by atoms with van der Waals surface area (Å²) in [5, 5.41) is 13.3. The number of aliphatic hydroxyl groups is 1. The van der Waals surface area contributed by atoms with Crippen molar-refractivity contribution in [3.63, 3.8) is 0 Å². The fourth-order valence-electron chi connectivity index (χ4n) is 2.25. The molecule has 0 amide bonds. The summed E-state index contributed by atoms with van der Waals surface area (Å²) in [7, 11) is 1.91. The third-order valence-corrected chi connectivity index (χ3v) is 3.23. The lowest BCUT2D eigenvalue weighted by molar-refractivity contribution is -0.0497. The van der Waals surface area contributed by atoms with E-state index in [-0.39, 0.29) is 0 Å². The summed E-state index contributed by atoms with van der Waals surface area (Å²) >= 11 is 0. The maximum absolute atomic E-state index is 10.2. The Bertz CT molecular complexity index is 149. The van der Waals surface area contributed by atoms with Gasteiger partial charge in [-0.1, -0.05) is 13.8 Å². The Morgan fingerprint density at radius 2 is 2.17 bits per heavy atom. The average Bonchev–Trinajstić information content (AvgIpc) is 1.99. The number of hydrogen-bond donors (Lipinski definition) is 2. The topological polar surface area (TPSA) is 32.3 Å². The van der Waals surface area contributed by atoms with Gasteiger partial charge in [-0.2, -0.15) is 0 Å². The predicted octanol–water partition coefficient (Wildman–Crippen LogP) is 1.39. The molecule has 1 rings (SSSR count). The van der Waals surface area contributed by atoms with Crippen LogP contribution in [0.3, 0.4) is 0 Å². The smallest absolute Gasteiger partial charge is 0.0796 e. The molecule has 12 heavy (non-hydrogen) atoms. The summed E-state index contributed by atoms with van der Waals surface area (Å²) in [6, 6.07) is 0. The third kappa shape index (κ3) is 1.99. The summed E-state index contributed by atoms with van der Waals surface area (Å²) < 4.78 is 0. The van der Waals surface area contributed by atoms with Crippen LogP contribution in [0.4, 0.5) is 0 Å². The van der Waals surface area contributed by atoms with Crippen molar-refractivity contribution in [2.24, 2.45) is 11.8 Å². The molecule has 1 aliphatic carbocycles. The largest absolute Gasteiger partial charge is 0.388 e. The molecule has 0 aromatic rings. The van der Waals surface area contributed by atoms with E-state index in [4.69, 9.17) is 0 Å². The lowest BCUT2D eigenvalue weighted by Gasteiger charge is -2.40. The molecular weight excluding hydrogens is 150 g/mol. The van der Waals surface area contributed by atoms with Crippen LogP contribution in [0.1, 0.15) is 33.1 Å². The summed E-state index contributed by atoms with van der Waals surface area (Å²) in [6.07, 6.45) is 3.29. The zero-order valence-corrected chi connectivity index (χ0v) is 8.43. The van der Waals surface area contributed by atoms with Crippen molar-refractivity contribution in [2.45, 2.75) is 38.7 Å². The number of rotatable bonds is 2. The molecule has 0 saturated heterocycles. The Morgan fingerprint density at radius 3 is 2.67 bits per heavy atom. The molecule has 1 aliphatic rings. The molecule has 3 atom stereocenters. The minimum Gasteiger partial charge on any atom is -0.388 e. The molecule has 0 heterocycles. The first-order valence-electron chi connectivity index (χ1n) is 4.95. The molecular formula is C10H21NO. The molecule has 2 N–H and O–H groups in total. The molecule has 2 nitrogen and oxygen atoms in total. The number of likely N-dealkylation sites (N-methyl/N-ethyl adjacent to an activating group) is 1. The molecule has 0 bridgehead atoms. The molecule has 1 saturated carbocycles. The first kappa shape index (κ1) is 10.0. The van der Waals surface area contributed by atoms with Crippen molar-refractivity contribution in [1.82, 2.24) is 5.32 Å². The van der Waals surface area contributed by atoms with Crippen LogP contribution >= 0.6 is 0 Å². The zero-order chi connectivity index (χ0) is 9.19. The summed E-state index contributed by atoms with van der Waals surface area (Å²) in [4.78, 5) is 0. The molecule has 0 aromatic carbocycles. The Kier molecular flexibility index (Phi) is 3.13. The average molecular weight is 171 g/mol. The molecule has 2 heteroatoms. The number of nitrogens with one attached hydrogen (secondary N) is 1. The van der Waals surface area contributed by atoms with Gasteiger partial charge in [-0.05, 0) is 38.1 Å². The van der Waals surface area contributed by atoms with Gasteiger partial charge in [-0.3, -0.25) is 0 Å².